The molecule has 0 amide bonds. The van der Waals surface area contributed by atoms with Crippen molar-refractivity contribution in [2.45, 2.75) is 33.1 Å². The normalized spacial score (nSPS) is 21.9. The number of Topliss-reactive ketones (excluding diaryl/α,β-unsaturated/α-hetero) is 1. The van der Waals surface area contributed by atoms with Crippen molar-refractivity contribution in [1.82, 2.24) is 0 Å². The van der Waals surface area contributed by atoms with Crippen LogP contribution in [0.15, 0.2) is 22.7 Å². The first-order chi connectivity index (χ1) is 8.45. The number of halogens is 1. The fourth-order valence-corrected chi connectivity index (χ4v) is 3.38. The highest BCUT2D eigenvalue weighted by Gasteiger charge is 2.39. The second kappa shape index (κ2) is 5.04. The second-order valence-corrected chi connectivity index (χ2v) is 6.50. The van der Waals surface area contributed by atoms with Gasteiger partial charge in [-0.15, -0.1) is 0 Å². The highest BCUT2D eigenvalue weighted by molar-refractivity contribution is 9.10. The number of hydrogen-bond donors (Lipinski definition) is 0. The molecule has 2 nitrogen and oxygen atoms in total. The van der Waals surface area contributed by atoms with E-state index in [4.69, 9.17) is 4.74 Å². The zero-order valence-corrected chi connectivity index (χ0v) is 12.7. The molecule has 0 aliphatic heterocycles. The fraction of sp³-hybridized carbons (Fsp3) is 0.533. The van der Waals surface area contributed by atoms with E-state index in [0.29, 0.717) is 0 Å². The molecule has 0 N–H and O–H groups in total. The maximum Gasteiger partial charge on any atom is 0.167 e. The first-order valence-corrected chi connectivity index (χ1v) is 7.13. The Bertz CT molecular complexity index is 466. The largest absolute Gasteiger partial charge is 0.497 e. The summed E-state index contributed by atoms with van der Waals surface area (Å²) in [6.45, 7) is 4.39. The molecule has 1 aromatic carbocycles. The molecule has 0 saturated heterocycles. The van der Waals surface area contributed by atoms with E-state index in [9.17, 15) is 4.79 Å². The van der Waals surface area contributed by atoms with E-state index in [2.05, 4.69) is 29.8 Å². The van der Waals surface area contributed by atoms with E-state index >= 15 is 0 Å². The van der Waals surface area contributed by atoms with Crippen LogP contribution in [0.25, 0.3) is 0 Å². The third-order valence-electron chi connectivity index (χ3n) is 4.02. The minimum atomic E-state index is 0.121. The second-order valence-electron chi connectivity index (χ2n) is 5.64. The van der Waals surface area contributed by atoms with Crippen molar-refractivity contribution in [3.05, 3.63) is 28.2 Å². The van der Waals surface area contributed by atoms with Gasteiger partial charge >= 0.3 is 0 Å². The number of carbonyl (C=O) groups excluding carboxylic acids is 1. The van der Waals surface area contributed by atoms with Gasteiger partial charge in [0.1, 0.15) is 5.75 Å². The van der Waals surface area contributed by atoms with Gasteiger partial charge in [0.15, 0.2) is 5.78 Å². The maximum atomic E-state index is 12.6. The van der Waals surface area contributed by atoms with Gasteiger partial charge in [-0.1, -0.05) is 20.3 Å². The number of ketones is 1. The molecule has 1 atom stereocenters. The molecule has 3 heteroatoms. The summed E-state index contributed by atoms with van der Waals surface area (Å²) in [6.07, 6.45) is 3.29. The first kappa shape index (κ1) is 13.6. The van der Waals surface area contributed by atoms with Crippen LogP contribution in [0.4, 0.5) is 0 Å². The molecule has 0 bridgehead atoms. The molecule has 0 radical (unpaired) electrons. The molecule has 1 aromatic rings. The van der Waals surface area contributed by atoms with Gasteiger partial charge < -0.3 is 4.74 Å². The van der Waals surface area contributed by atoms with Crippen molar-refractivity contribution in [2.75, 3.05) is 7.11 Å². The van der Waals surface area contributed by atoms with E-state index in [1.807, 2.05) is 18.2 Å². The van der Waals surface area contributed by atoms with Gasteiger partial charge in [-0.2, -0.15) is 0 Å². The number of methoxy groups -OCH3 is 1. The Kier molecular flexibility index (Phi) is 3.81. The SMILES string of the molecule is COc1ccc(C(=O)C2CCCC2(C)C)c(Br)c1. The standard InChI is InChI=1S/C15H19BrO2/c1-15(2)8-4-5-12(15)14(17)11-7-6-10(18-3)9-13(11)16/h6-7,9,12H,4-5,8H2,1-3H3. The number of carbonyl (C=O) groups is 1. The van der Waals surface area contributed by atoms with Gasteiger partial charge in [-0.05, 0) is 52.4 Å². The Morgan fingerprint density at radius 3 is 2.67 bits per heavy atom. The number of ether oxygens (including phenoxy) is 1. The predicted octanol–water partition coefficient (Wildman–Crippen LogP) is 4.47. The molecular weight excluding hydrogens is 292 g/mol. The maximum absolute atomic E-state index is 12.6. The molecule has 1 fully saturated rings. The minimum Gasteiger partial charge on any atom is -0.497 e. The van der Waals surface area contributed by atoms with E-state index in [1.165, 1.54) is 0 Å². The highest BCUT2D eigenvalue weighted by Crippen LogP contribution is 2.44. The Hall–Kier alpha value is -0.830. The van der Waals surface area contributed by atoms with Crippen molar-refractivity contribution in [3.63, 3.8) is 0 Å². The molecular formula is C15H19BrO2. The molecule has 1 unspecified atom stereocenters. The monoisotopic (exact) mass is 310 g/mol. The van der Waals surface area contributed by atoms with Crippen molar-refractivity contribution in [3.8, 4) is 5.75 Å². The van der Waals surface area contributed by atoms with Crippen LogP contribution in [-0.2, 0) is 0 Å². The smallest absolute Gasteiger partial charge is 0.167 e. The Morgan fingerprint density at radius 2 is 2.17 bits per heavy atom. The predicted molar refractivity (Wildman–Crippen MR) is 76.1 cm³/mol. The number of benzene rings is 1. The lowest BCUT2D eigenvalue weighted by Crippen LogP contribution is -2.26. The van der Waals surface area contributed by atoms with E-state index < -0.39 is 0 Å². The fourth-order valence-electron chi connectivity index (χ4n) is 2.82. The topological polar surface area (TPSA) is 26.3 Å². The van der Waals surface area contributed by atoms with Gasteiger partial charge in [-0.25, -0.2) is 0 Å². The van der Waals surface area contributed by atoms with Crippen molar-refractivity contribution < 1.29 is 9.53 Å². The van der Waals surface area contributed by atoms with Crippen LogP contribution >= 0.6 is 15.9 Å². The van der Waals surface area contributed by atoms with Crippen molar-refractivity contribution in [2.24, 2.45) is 11.3 Å². The summed E-state index contributed by atoms with van der Waals surface area (Å²) >= 11 is 3.47. The van der Waals surface area contributed by atoms with Gasteiger partial charge in [0.2, 0.25) is 0 Å². The van der Waals surface area contributed by atoms with Crippen LogP contribution in [0.2, 0.25) is 0 Å². The summed E-state index contributed by atoms with van der Waals surface area (Å²) in [5.41, 5.74) is 0.895. The lowest BCUT2D eigenvalue weighted by Gasteiger charge is -2.26. The van der Waals surface area contributed by atoms with Gasteiger partial charge in [0.25, 0.3) is 0 Å². The van der Waals surface area contributed by atoms with Gasteiger partial charge in [0, 0.05) is 16.0 Å². The molecule has 1 saturated carbocycles. The van der Waals surface area contributed by atoms with Crippen LogP contribution in [-0.4, -0.2) is 12.9 Å². The average Bonchev–Trinajstić information content (AvgIpc) is 2.68. The molecule has 0 aromatic heterocycles. The molecule has 0 heterocycles. The van der Waals surface area contributed by atoms with E-state index in [-0.39, 0.29) is 17.1 Å². The number of rotatable bonds is 3. The summed E-state index contributed by atoms with van der Waals surface area (Å²) in [5.74, 6) is 1.17. The third-order valence-corrected chi connectivity index (χ3v) is 4.67. The summed E-state index contributed by atoms with van der Waals surface area (Å²) in [6, 6.07) is 5.56. The number of hydrogen-bond acceptors (Lipinski definition) is 2. The Labute approximate surface area is 117 Å². The lowest BCUT2D eigenvalue weighted by molar-refractivity contribution is 0.0838. The minimum absolute atomic E-state index is 0.121. The molecule has 18 heavy (non-hydrogen) atoms. The quantitative estimate of drug-likeness (QED) is 0.770. The van der Waals surface area contributed by atoms with Crippen molar-refractivity contribution in [1.29, 1.82) is 0 Å². The van der Waals surface area contributed by atoms with Crippen LogP contribution in [0, 0.1) is 11.3 Å². The van der Waals surface area contributed by atoms with Crippen LogP contribution in [0.5, 0.6) is 5.75 Å². The summed E-state index contributed by atoms with van der Waals surface area (Å²) in [5, 5.41) is 0. The van der Waals surface area contributed by atoms with Gasteiger partial charge in [0.05, 0.1) is 7.11 Å². The third kappa shape index (κ3) is 2.46. The van der Waals surface area contributed by atoms with E-state index in [0.717, 1.165) is 35.0 Å². The summed E-state index contributed by atoms with van der Waals surface area (Å²) in [4.78, 5) is 12.6. The van der Waals surface area contributed by atoms with Gasteiger partial charge in [-0.3, -0.25) is 4.79 Å². The Balaban J connectivity index is 2.29. The molecule has 98 valence electrons. The molecule has 0 spiro atoms. The van der Waals surface area contributed by atoms with Crippen molar-refractivity contribution >= 4 is 21.7 Å². The Morgan fingerprint density at radius 1 is 1.44 bits per heavy atom. The first-order valence-electron chi connectivity index (χ1n) is 6.33. The lowest BCUT2D eigenvalue weighted by atomic mass is 9.78. The summed E-state index contributed by atoms with van der Waals surface area (Å²) in [7, 11) is 1.63. The van der Waals surface area contributed by atoms with Crippen LogP contribution in [0.1, 0.15) is 43.5 Å². The van der Waals surface area contributed by atoms with Crippen LogP contribution < -0.4 is 4.74 Å². The zero-order chi connectivity index (χ0) is 13.3. The molecule has 1 aliphatic rings. The average molecular weight is 311 g/mol. The molecule has 1 aliphatic carbocycles. The zero-order valence-electron chi connectivity index (χ0n) is 11.1. The van der Waals surface area contributed by atoms with E-state index in [1.54, 1.807) is 7.11 Å². The van der Waals surface area contributed by atoms with Crippen LogP contribution in [0.3, 0.4) is 0 Å². The highest BCUT2D eigenvalue weighted by atomic mass is 79.9. The summed E-state index contributed by atoms with van der Waals surface area (Å²) < 4.78 is 5.98. The molecule has 2 rings (SSSR count).